The molecule has 1 unspecified atom stereocenters. The second kappa shape index (κ2) is 8.03. The predicted octanol–water partition coefficient (Wildman–Crippen LogP) is 3.85. The summed E-state index contributed by atoms with van der Waals surface area (Å²) in [6.45, 7) is 5.10. The number of para-hydroxylation sites is 1. The number of amides is 1. The van der Waals surface area contributed by atoms with Crippen LogP contribution in [0.5, 0.6) is 0 Å². The third-order valence-electron chi connectivity index (χ3n) is 6.11. The highest BCUT2D eigenvalue weighted by atomic mass is 16.5. The van der Waals surface area contributed by atoms with Gasteiger partial charge in [-0.1, -0.05) is 47.1 Å². The summed E-state index contributed by atoms with van der Waals surface area (Å²) in [5.41, 5.74) is 4.48. The van der Waals surface area contributed by atoms with Crippen molar-refractivity contribution in [1.82, 2.24) is 15.0 Å². The van der Waals surface area contributed by atoms with Gasteiger partial charge in [-0.15, -0.1) is 0 Å². The molecular weight excluding hydrogens is 376 g/mol. The van der Waals surface area contributed by atoms with Gasteiger partial charge in [-0.25, -0.2) is 0 Å². The maximum atomic E-state index is 13.2. The Morgan fingerprint density at radius 1 is 1.17 bits per heavy atom. The SMILES string of the molecule is Cc1cccc(-c2noc(CN3CCCC(C(=O)N4CCc5ccccc54)C3)n2)c1. The lowest BCUT2D eigenvalue weighted by molar-refractivity contribution is -0.124. The van der Waals surface area contributed by atoms with Crippen molar-refractivity contribution in [2.24, 2.45) is 5.92 Å². The topological polar surface area (TPSA) is 62.5 Å². The molecule has 0 saturated carbocycles. The first kappa shape index (κ1) is 19.0. The lowest BCUT2D eigenvalue weighted by Gasteiger charge is -2.33. The highest BCUT2D eigenvalue weighted by Gasteiger charge is 2.33. The van der Waals surface area contributed by atoms with Gasteiger partial charge < -0.3 is 9.42 Å². The lowest BCUT2D eigenvalue weighted by atomic mass is 9.96. The van der Waals surface area contributed by atoms with E-state index >= 15 is 0 Å². The molecule has 2 aromatic carbocycles. The number of fused-ring (bicyclic) bond motifs is 1. The quantitative estimate of drug-likeness (QED) is 0.663. The van der Waals surface area contributed by atoms with Crippen LogP contribution in [0.1, 0.15) is 29.9 Å². The number of carbonyl (C=O) groups excluding carboxylic acids is 1. The standard InChI is InChI=1S/C24H26N4O2/c1-17-6-4-8-19(14-17)23-25-22(30-26-23)16-27-12-5-9-20(15-27)24(29)28-13-11-18-7-2-3-10-21(18)28/h2-4,6-8,10,14,20H,5,9,11-13,15-16H2,1H3. The normalized spacial score (nSPS) is 19.1. The van der Waals surface area contributed by atoms with E-state index in [2.05, 4.69) is 33.2 Å². The minimum Gasteiger partial charge on any atom is -0.338 e. The Bertz CT molecular complexity index is 1060. The summed E-state index contributed by atoms with van der Waals surface area (Å²) < 4.78 is 5.51. The fraction of sp³-hybridized carbons (Fsp3) is 0.375. The second-order valence-electron chi connectivity index (χ2n) is 8.32. The van der Waals surface area contributed by atoms with Crippen LogP contribution in [0.15, 0.2) is 53.1 Å². The molecule has 3 heterocycles. The van der Waals surface area contributed by atoms with Crippen LogP contribution in [0, 0.1) is 12.8 Å². The van der Waals surface area contributed by atoms with Gasteiger partial charge in [-0.3, -0.25) is 9.69 Å². The van der Waals surface area contributed by atoms with E-state index in [4.69, 9.17) is 4.52 Å². The summed E-state index contributed by atoms with van der Waals surface area (Å²) in [4.78, 5) is 22.1. The van der Waals surface area contributed by atoms with E-state index in [1.54, 1.807) is 0 Å². The zero-order chi connectivity index (χ0) is 20.5. The first-order chi connectivity index (χ1) is 14.7. The van der Waals surface area contributed by atoms with Crippen molar-refractivity contribution < 1.29 is 9.32 Å². The van der Waals surface area contributed by atoms with Crippen molar-refractivity contribution in [1.29, 1.82) is 0 Å². The molecule has 1 fully saturated rings. The summed E-state index contributed by atoms with van der Waals surface area (Å²) in [5, 5.41) is 4.15. The van der Waals surface area contributed by atoms with Gasteiger partial charge in [0.15, 0.2) is 0 Å². The first-order valence-electron chi connectivity index (χ1n) is 10.7. The van der Waals surface area contributed by atoms with Crippen LogP contribution in [0.2, 0.25) is 0 Å². The summed E-state index contributed by atoms with van der Waals surface area (Å²) >= 11 is 0. The monoisotopic (exact) mass is 402 g/mol. The lowest BCUT2D eigenvalue weighted by Crippen LogP contribution is -2.44. The third kappa shape index (κ3) is 3.75. The molecule has 5 rings (SSSR count). The molecule has 0 radical (unpaired) electrons. The minimum atomic E-state index is 0.0177. The van der Waals surface area contributed by atoms with Crippen LogP contribution in [0.25, 0.3) is 11.4 Å². The Kier molecular flexibility index (Phi) is 5.09. The molecule has 6 heteroatoms. The summed E-state index contributed by atoms with van der Waals surface area (Å²) in [5.74, 6) is 1.48. The Morgan fingerprint density at radius 2 is 2.07 bits per heavy atom. The number of likely N-dealkylation sites (tertiary alicyclic amines) is 1. The van der Waals surface area contributed by atoms with Gasteiger partial charge in [0.05, 0.1) is 12.5 Å². The molecular formula is C24H26N4O2. The molecule has 30 heavy (non-hydrogen) atoms. The van der Waals surface area contributed by atoms with E-state index in [0.717, 1.165) is 50.1 Å². The number of anilines is 1. The number of piperidine rings is 1. The van der Waals surface area contributed by atoms with Crippen molar-refractivity contribution in [3.63, 3.8) is 0 Å². The Hall–Kier alpha value is -2.99. The average Bonchev–Trinajstić information content (AvgIpc) is 3.41. The number of nitrogens with zero attached hydrogens (tertiary/aromatic N) is 4. The molecule has 0 N–H and O–H groups in total. The molecule has 154 valence electrons. The van der Waals surface area contributed by atoms with Crippen LogP contribution in [0.3, 0.4) is 0 Å². The summed E-state index contributed by atoms with van der Waals surface area (Å²) in [7, 11) is 0. The van der Waals surface area contributed by atoms with Crippen molar-refractivity contribution in [2.75, 3.05) is 24.5 Å². The average molecular weight is 402 g/mol. The van der Waals surface area contributed by atoms with Gasteiger partial charge >= 0.3 is 0 Å². The molecule has 1 atom stereocenters. The van der Waals surface area contributed by atoms with E-state index < -0.39 is 0 Å². The van der Waals surface area contributed by atoms with Crippen LogP contribution < -0.4 is 4.90 Å². The van der Waals surface area contributed by atoms with Crippen molar-refractivity contribution in [3.05, 3.63) is 65.5 Å². The first-order valence-corrected chi connectivity index (χ1v) is 10.7. The highest BCUT2D eigenvalue weighted by molar-refractivity contribution is 5.97. The maximum Gasteiger partial charge on any atom is 0.241 e. The van der Waals surface area contributed by atoms with E-state index in [1.807, 2.05) is 42.2 Å². The number of rotatable bonds is 4. The van der Waals surface area contributed by atoms with Crippen LogP contribution in [0.4, 0.5) is 5.69 Å². The van der Waals surface area contributed by atoms with Gasteiger partial charge in [0, 0.05) is 24.3 Å². The zero-order valence-electron chi connectivity index (χ0n) is 17.3. The van der Waals surface area contributed by atoms with Gasteiger partial charge in [-0.05, 0) is 50.4 Å². The van der Waals surface area contributed by atoms with Crippen LogP contribution in [-0.4, -0.2) is 40.6 Å². The number of carbonyl (C=O) groups is 1. The van der Waals surface area contributed by atoms with E-state index in [-0.39, 0.29) is 11.8 Å². The number of hydrogen-bond acceptors (Lipinski definition) is 5. The molecule has 0 aliphatic carbocycles. The fourth-order valence-corrected chi connectivity index (χ4v) is 4.60. The molecule has 6 nitrogen and oxygen atoms in total. The van der Waals surface area contributed by atoms with E-state index in [1.165, 1.54) is 11.1 Å². The van der Waals surface area contributed by atoms with Gasteiger partial charge in [-0.2, -0.15) is 4.98 Å². The minimum absolute atomic E-state index is 0.0177. The predicted molar refractivity (Wildman–Crippen MR) is 115 cm³/mol. The van der Waals surface area contributed by atoms with Gasteiger partial charge in [0.25, 0.3) is 0 Å². The molecule has 2 aliphatic rings. The van der Waals surface area contributed by atoms with Crippen molar-refractivity contribution in [2.45, 2.75) is 32.7 Å². The zero-order valence-corrected chi connectivity index (χ0v) is 17.3. The molecule has 1 saturated heterocycles. The van der Waals surface area contributed by atoms with Crippen LogP contribution >= 0.6 is 0 Å². The third-order valence-corrected chi connectivity index (χ3v) is 6.11. The second-order valence-corrected chi connectivity index (χ2v) is 8.32. The Morgan fingerprint density at radius 3 is 2.97 bits per heavy atom. The van der Waals surface area contributed by atoms with E-state index in [0.29, 0.717) is 18.3 Å². The highest BCUT2D eigenvalue weighted by Crippen LogP contribution is 2.31. The van der Waals surface area contributed by atoms with E-state index in [9.17, 15) is 4.79 Å². The smallest absolute Gasteiger partial charge is 0.241 e. The molecule has 0 bridgehead atoms. The largest absolute Gasteiger partial charge is 0.338 e. The maximum absolute atomic E-state index is 13.2. The summed E-state index contributed by atoms with van der Waals surface area (Å²) in [6, 6.07) is 16.3. The summed E-state index contributed by atoms with van der Waals surface area (Å²) in [6.07, 6.45) is 2.89. The number of aromatic nitrogens is 2. The molecule has 1 amide bonds. The van der Waals surface area contributed by atoms with Crippen molar-refractivity contribution >= 4 is 11.6 Å². The number of aryl methyl sites for hydroxylation is 1. The van der Waals surface area contributed by atoms with Crippen molar-refractivity contribution in [3.8, 4) is 11.4 Å². The fourth-order valence-electron chi connectivity index (χ4n) is 4.60. The van der Waals surface area contributed by atoms with Gasteiger partial charge in [0.2, 0.25) is 17.6 Å². The number of benzene rings is 2. The Balaban J connectivity index is 1.25. The molecule has 2 aliphatic heterocycles. The Labute approximate surface area is 176 Å². The molecule has 0 spiro atoms. The number of hydrogen-bond donors (Lipinski definition) is 0. The van der Waals surface area contributed by atoms with Gasteiger partial charge in [0.1, 0.15) is 0 Å². The molecule has 3 aromatic rings. The molecule has 1 aromatic heterocycles. The van der Waals surface area contributed by atoms with Crippen LogP contribution in [-0.2, 0) is 17.8 Å².